The SMILES string of the molecule is CCCCCCCCCCCCCCCCCCOCC(COC(=O)NCCC(C)(C)OCCC(C)(C)OCCCN)OCCCCCCCCCCCCCCCCCC. The lowest BCUT2D eigenvalue weighted by atomic mass is 10.0. The third kappa shape index (κ3) is 46.9. The van der Waals surface area contributed by atoms with Crippen molar-refractivity contribution in [2.45, 2.75) is 284 Å². The molecule has 1 unspecified atom stereocenters. The van der Waals surface area contributed by atoms with Crippen LogP contribution >= 0.6 is 0 Å². The molecule has 0 saturated heterocycles. The van der Waals surface area contributed by atoms with Crippen LogP contribution in [-0.4, -0.2) is 76.1 Å². The molecule has 1 amide bonds. The predicted octanol–water partition coefficient (Wildman–Crippen LogP) is 15.4. The minimum atomic E-state index is -0.418. The minimum absolute atomic E-state index is 0.197. The Balaban J connectivity index is 4.31. The number of alkyl carbamates (subject to hydrolysis) is 1. The Bertz CT molecular complexity index is 887. The van der Waals surface area contributed by atoms with Crippen LogP contribution in [0.25, 0.3) is 0 Å². The molecule has 3 N–H and O–H groups in total. The highest BCUT2D eigenvalue weighted by atomic mass is 16.6. The fourth-order valence-electron chi connectivity index (χ4n) is 7.85. The van der Waals surface area contributed by atoms with Crippen molar-refractivity contribution < 1.29 is 28.5 Å². The van der Waals surface area contributed by atoms with E-state index in [1.165, 1.54) is 193 Å². The van der Waals surface area contributed by atoms with Crippen LogP contribution in [0, 0.1) is 0 Å². The molecule has 0 radical (unpaired) electrons. The first-order chi connectivity index (χ1) is 29.7. The Hall–Kier alpha value is -0.930. The lowest BCUT2D eigenvalue weighted by Crippen LogP contribution is -2.36. The summed E-state index contributed by atoms with van der Waals surface area (Å²) in [5, 5.41) is 2.91. The van der Waals surface area contributed by atoms with Gasteiger partial charge in [0.15, 0.2) is 0 Å². The molecule has 0 rings (SSSR count). The molecule has 0 saturated carbocycles. The molecule has 0 bridgehead atoms. The Morgan fingerprint density at radius 3 is 1.26 bits per heavy atom. The van der Waals surface area contributed by atoms with Crippen molar-refractivity contribution >= 4 is 6.09 Å². The van der Waals surface area contributed by atoms with Crippen molar-refractivity contribution in [3.05, 3.63) is 0 Å². The van der Waals surface area contributed by atoms with Gasteiger partial charge in [0.1, 0.15) is 12.7 Å². The number of nitrogens with two attached hydrogens (primary N) is 1. The van der Waals surface area contributed by atoms with Crippen LogP contribution in [-0.2, 0) is 23.7 Å². The second kappa shape index (κ2) is 45.6. The number of rotatable bonds is 50. The quantitative estimate of drug-likeness (QED) is 0.0587. The second-order valence-electron chi connectivity index (χ2n) is 19.6. The molecule has 8 heteroatoms. The van der Waals surface area contributed by atoms with E-state index < -0.39 is 6.09 Å². The van der Waals surface area contributed by atoms with E-state index in [0.717, 1.165) is 32.3 Å². The van der Waals surface area contributed by atoms with Crippen molar-refractivity contribution in [2.75, 3.05) is 52.7 Å². The van der Waals surface area contributed by atoms with Gasteiger partial charge in [0, 0.05) is 26.4 Å². The van der Waals surface area contributed by atoms with E-state index in [4.69, 9.17) is 29.4 Å². The summed E-state index contributed by atoms with van der Waals surface area (Å²) in [5.41, 5.74) is 4.97. The van der Waals surface area contributed by atoms with Gasteiger partial charge in [0.05, 0.1) is 24.4 Å². The molecule has 61 heavy (non-hydrogen) atoms. The van der Waals surface area contributed by atoms with Crippen molar-refractivity contribution in [1.82, 2.24) is 5.32 Å². The first-order valence-corrected chi connectivity index (χ1v) is 26.7. The topological polar surface area (TPSA) is 101 Å². The lowest BCUT2D eigenvalue weighted by molar-refractivity contribution is -0.0741. The predicted molar refractivity (Wildman–Crippen MR) is 262 cm³/mol. The number of amides is 1. The van der Waals surface area contributed by atoms with Gasteiger partial charge in [-0.25, -0.2) is 4.79 Å². The largest absolute Gasteiger partial charge is 0.447 e. The molecule has 0 aromatic heterocycles. The van der Waals surface area contributed by atoms with Crippen LogP contribution in [0.4, 0.5) is 4.79 Å². The van der Waals surface area contributed by atoms with Gasteiger partial charge in [-0.05, 0) is 66.3 Å². The van der Waals surface area contributed by atoms with Gasteiger partial charge >= 0.3 is 6.09 Å². The average molecular weight is 869 g/mol. The van der Waals surface area contributed by atoms with Crippen LogP contribution in [0.2, 0.25) is 0 Å². The summed E-state index contributed by atoms with van der Waals surface area (Å²) < 4.78 is 30.1. The number of hydrogen-bond donors (Lipinski definition) is 2. The van der Waals surface area contributed by atoms with Gasteiger partial charge in [0.25, 0.3) is 0 Å². The second-order valence-corrected chi connectivity index (χ2v) is 19.6. The molecule has 366 valence electrons. The fraction of sp³-hybridized carbons (Fsp3) is 0.981. The summed E-state index contributed by atoms with van der Waals surface area (Å²) in [4.78, 5) is 12.7. The van der Waals surface area contributed by atoms with Crippen molar-refractivity contribution in [3.8, 4) is 0 Å². The number of ether oxygens (including phenoxy) is 5. The third-order valence-corrected chi connectivity index (χ3v) is 12.2. The van der Waals surface area contributed by atoms with Crippen LogP contribution in [0.5, 0.6) is 0 Å². The third-order valence-electron chi connectivity index (χ3n) is 12.2. The molecule has 0 fully saturated rings. The molecular formula is C53H108N2O6. The summed E-state index contributed by atoms with van der Waals surface area (Å²) in [7, 11) is 0. The van der Waals surface area contributed by atoms with Crippen molar-refractivity contribution in [1.29, 1.82) is 0 Å². The summed E-state index contributed by atoms with van der Waals surface area (Å²) in [6.45, 7) is 17.3. The highest BCUT2D eigenvalue weighted by molar-refractivity contribution is 5.67. The Morgan fingerprint density at radius 1 is 0.459 bits per heavy atom. The minimum Gasteiger partial charge on any atom is -0.447 e. The number of unbranched alkanes of at least 4 members (excludes halogenated alkanes) is 30. The molecule has 0 aliphatic rings. The van der Waals surface area contributed by atoms with E-state index in [2.05, 4.69) is 46.9 Å². The van der Waals surface area contributed by atoms with Crippen molar-refractivity contribution in [3.63, 3.8) is 0 Å². The van der Waals surface area contributed by atoms with Crippen LogP contribution in [0.1, 0.15) is 266 Å². The molecule has 0 aromatic carbocycles. The number of carbonyl (C=O) groups excluding carboxylic acids is 1. The zero-order valence-corrected chi connectivity index (χ0v) is 42.0. The van der Waals surface area contributed by atoms with Gasteiger partial charge < -0.3 is 34.7 Å². The molecule has 8 nitrogen and oxygen atoms in total. The summed E-state index contributed by atoms with van der Waals surface area (Å²) in [6, 6.07) is 0. The summed E-state index contributed by atoms with van der Waals surface area (Å²) >= 11 is 0. The van der Waals surface area contributed by atoms with E-state index in [9.17, 15) is 4.79 Å². The van der Waals surface area contributed by atoms with Gasteiger partial charge in [-0.1, -0.05) is 206 Å². The van der Waals surface area contributed by atoms with Gasteiger partial charge in [-0.15, -0.1) is 0 Å². The average Bonchev–Trinajstić information content (AvgIpc) is 3.22. The maximum atomic E-state index is 12.7. The van der Waals surface area contributed by atoms with Gasteiger partial charge in [-0.2, -0.15) is 0 Å². The molecular weight excluding hydrogens is 761 g/mol. The monoisotopic (exact) mass is 869 g/mol. The number of nitrogens with one attached hydrogen (secondary N) is 1. The maximum Gasteiger partial charge on any atom is 0.407 e. The zero-order valence-electron chi connectivity index (χ0n) is 42.0. The maximum absolute atomic E-state index is 12.7. The molecule has 0 aliphatic heterocycles. The van der Waals surface area contributed by atoms with E-state index in [0.29, 0.717) is 45.9 Å². The molecule has 1 atom stereocenters. The summed E-state index contributed by atoms with van der Waals surface area (Å²) in [6.07, 6.45) is 45.1. The highest BCUT2D eigenvalue weighted by Gasteiger charge is 2.23. The summed E-state index contributed by atoms with van der Waals surface area (Å²) in [5.74, 6) is 0. The van der Waals surface area contributed by atoms with E-state index >= 15 is 0 Å². The van der Waals surface area contributed by atoms with Crippen LogP contribution < -0.4 is 11.1 Å². The van der Waals surface area contributed by atoms with Crippen molar-refractivity contribution in [2.24, 2.45) is 5.73 Å². The van der Waals surface area contributed by atoms with E-state index in [-0.39, 0.29) is 23.9 Å². The Labute approximate surface area is 380 Å². The fourth-order valence-corrected chi connectivity index (χ4v) is 7.85. The van der Waals surface area contributed by atoms with Crippen LogP contribution in [0.3, 0.4) is 0 Å². The number of carbonyl (C=O) groups is 1. The lowest BCUT2D eigenvalue weighted by Gasteiger charge is -2.30. The van der Waals surface area contributed by atoms with Crippen LogP contribution in [0.15, 0.2) is 0 Å². The highest BCUT2D eigenvalue weighted by Crippen LogP contribution is 2.20. The van der Waals surface area contributed by atoms with Gasteiger partial charge in [-0.3, -0.25) is 0 Å². The smallest absolute Gasteiger partial charge is 0.407 e. The van der Waals surface area contributed by atoms with E-state index in [1.54, 1.807) is 0 Å². The zero-order chi connectivity index (χ0) is 44.8. The molecule has 0 aromatic rings. The first kappa shape index (κ1) is 60.1. The van der Waals surface area contributed by atoms with Gasteiger partial charge in [0.2, 0.25) is 0 Å². The Kier molecular flexibility index (Phi) is 44.9. The molecule has 0 spiro atoms. The Morgan fingerprint density at radius 2 is 0.836 bits per heavy atom. The number of hydrogen-bond acceptors (Lipinski definition) is 7. The first-order valence-electron chi connectivity index (χ1n) is 26.7. The molecule has 0 aliphatic carbocycles. The molecule has 0 heterocycles. The standard InChI is InChI=1S/C53H108N2O6/c1-7-9-11-13-15-17-19-21-23-25-27-29-31-33-35-37-44-57-48-50(58-45-38-36-34-32-30-28-26-24-22-20-18-16-14-12-10-8-2)49-59-51(56)55-43-40-52(3,4)61-47-41-53(5,6)60-46-39-42-54/h50H,7-49,54H2,1-6H3,(H,55,56). The van der Waals surface area contributed by atoms with E-state index in [1.807, 2.05) is 0 Å². The normalized spacial score (nSPS) is 12.6.